The van der Waals surface area contributed by atoms with E-state index < -0.39 is 23.8 Å². The number of hydrogen-bond donors (Lipinski definition) is 1. The van der Waals surface area contributed by atoms with E-state index in [2.05, 4.69) is 12.1 Å². The van der Waals surface area contributed by atoms with Crippen molar-refractivity contribution in [3.8, 4) is 0 Å². The summed E-state index contributed by atoms with van der Waals surface area (Å²) in [4.78, 5) is 33.4. The molecule has 1 aromatic heterocycles. The number of amides is 1. The van der Waals surface area contributed by atoms with Crippen molar-refractivity contribution in [3.63, 3.8) is 0 Å². The van der Waals surface area contributed by atoms with E-state index in [1.165, 1.54) is 36.2 Å². The summed E-state index contributed by atoms with van der Waals surface area (Å²) < 4.78 is 38.6. The summed E-state index contributed by atoms with van der Waals surface area (Å²) in [6.07, 6.45) is 2.94. The number of alkyl halides is 3. The summed E-state index contributed by atoms with van der Waals surface area (Å²) in [5.74, 6) is -0.886. The van der Waals surface area contributed by atoms with Gasteiger partial charge in [0.15, 0.2) is 0 Å². The Kier molecular flexibility index (Phi) is 7.25. The fraction of sp³-hybridized carbons (Fsp3) is 0.536. The molecule has 0 bridgehead atoms. The summed E-state index contributed by atoms with van der Waals surface area (Å²) in [7, 11) is 0. The average Bonchev–Trinajstić information content (AvgIpc) is 2.85. The topological polar surface area (TPSA) is 73.7 Å². The van der Waals surface area contributed by atoms with E-state index in [-0.39, 0.29) is 30.5 Å². The number of pyridine rings is 1. The molecule has 3 aliphatic rings. The number of fused-ring (bicyclic) bond motifs is 1. The largest absolute Gasteiger partial charge is 0.480 e. The first-order chi connectivity index (χ1) is 17.7. The summed E-state index contributed by atoms with van der Waals surface area (Å²) in [6.45, 7) is 1.95. The molecule has 1 aromatic carbocycles. The van der Waals surface area contributed by atoms with E-state index in [1.54, 1.807) is 4.90 Å². The van der Waals surface area contributed by atoms with Gasteiger partial charge in [0.05, 0.1) is 11.5 Å². The summed E-state index contributed by atoms with van der Waals surface area (Å²) in [5.41, 5.74) is 3.24. The van der Waals surface area contributed by atoms with Crippen molar-refractivity contribution in [3.05, 3.63) is 64.5 Å². The number of halogens is 3. The third kappa shape index (κ3) is 5.66. The Bertz CT molecular complexity index is 1140. The van der Waals surface area contributed by atoms with Crippen molar-refractivity contribution in [2.24, 2.45) is 11.8 Å². The van der Waals surface area contributed by atoms with Crippen molar-refractivity contribution in [1.29, 1.82) is 0 Å². The van der Waals surface area contributed by atoms with Gasteiger partial charge in [-0.3, -0.25) is 19.5 Å². The lowest BCUT2D eigenvalue weighted by Gasteiger charge is -2.44. The quantitative estimate of drug-likeness (QED) is 0.613. The summed E-state index contributed by atoms with van der Waals surface area (Å²) >= 11 is 0. The number of carbonyl (C=O) groups excluding carboxylic acids is 1. The maximum Gasteiger partial charge on any atom is 0.416 e. The lowest BCUT2D eigenvalue weighted by molar-refractivity contribution is -0.153. The van der Waals surface area contributed by atoms with Gasteiger partial charge in [0, 0.05) is 37.6 Å². The molecule has 37 heavy (non-hydrogen) atoms. The van der Waals surface area contributed by atoms with E-state index in [9.17, 15) is 27.9 Å². The molecule has 2 fully saturated rings. The van der Waals surface area contributed by atoms with Crippen LogP contribution in [0.1, 0.15) is 59.8 Å². The van der Waals surface area contributed by atoms with Crippen LogP contribution in [0.5, 0.6) is 0 Å². The molecule has 2 saturated heterocycles. The first kappa shape index (κ1) is 25.7. The minimum atomic E-state index is -4.48. The van der Waals surface area contributed by atoms with Crippen LogP contribution in [0.25, 0.3) is 0 Å². The maximum atomic E-state index is 13.0. The maximum absolute atomic E-state index is 13.0. The Morgan fingerprint density at radius 3 is 2.32 bits per heavy atom. The Balaban J connectivity index is 1.12. The Morgan fingerprint density at radius 2 is 1.68 bits per heavy atom. The van der Waals surface area contributed by atoms with Crippen LogP contribution in [-0.2, 0) is 35.0 Å². The zero-order chi connectivity index (χ0) is 26.2. The zero-order valence-electron chi connectivity index (χ0n) is 20.7. The van der Waals surface area contributed by atoms with Gasteiger partial charge in [0.25, 0.3) is 0 Å². The fourth-order valence-electron chi connectivity index (χ4n) is 5.90. The second-order valence-corrected chi connectivity index (χ2v) is 10.6. The highest BCUT2D eigenvalue weighted by Crippen LogP contribution is 2.34. The zero-order valence-corrected chi connectivity index (χ0v) is 20.7. The minimum Gasteiger partial charge on any atom is -0.480 e. The number of carbonyl (C=O) groups is 2. The van der Waals surface area contributed by atoms with E-state index in [0.29, 0.717) is 19.0 Å². The number of likely N-dealkylation sites (tertiary alicyclic amines) is 2. The van der Waals surface area contributed by atoms with Crippen molar-refractivity contribution >= 4 is 11.9 Å². The number of hydrogen-bond acceptors (Lipinski definition) is 4. The number of aryl methyl sites for hydroxylation is 2. The molecule has 0 saturated carbocycles. The first-order valence-electron chi connectivity index (χ1n) is 13.1. The highest BCUT2D eigenvalue weighted by molar-refractivity contribution is 5.81. The third-order valence-corrected chi connectivity index (χ3v) is 8.07. The molecule has 1 N–H and O–H groups in total. The number of rotatable bonds is 6. The molecule has 5 rings (SSSR count). The molecule has 6 nitrogen and oxygen atoms in total. The molecule has 2 aromatic rings. The molecular weight excluding hydrogens is 483 g/mol. The van der Waals surface area contributed by atoms with Crippen LogP contribution >= 0.6 is 0 Å². The van der Waals surface area contributed by atoms with E-state index >= 15 is 0 Å². The Hall–Kier alpha value is -2.94. The van der Waals surface area contributed by atoms with Crippen LogP contribution in [0.4, 0.5) is 13.2 Å². The van der Waals surface area contributed by atoms with Gasteiger partial charge in [-0.25, -0.2) is 0 Å². The summed E-state index contributed by atoms with van der Waals surface area (Å²) in [5, 5.41) is 9.72. The second-order valence-electron chi connectivity index (χ2n) is 10.6. The molecule has 1 amide bonds. The standard InChI is InChI=1S/C28H32F3N3O3/c29-28(30,31)22-8-5-20(6-9-22)25(27(36)37)34-16-21(17-34)26(35)33-13-11-18(12-14-33)15-23-10-7-19-3-1-2-4-24(19)32-23/h5-10,18,21,25H,1-4,11-17H2,(H,36,37)/t25-/m1/s1. The van der Waals surface area contributed by atoms with Gasteiger partial charge in [0.2, 0.25) is 5.91 Å². The lowest BCUT2D eigenvalue weighted by atomic mass is 9.88. The molecule has 9 heteroatoms. The number of aromatic nitrogens is 1. The molecule has 3 heterocycles. The predicted molar refractivity (Wildman–Crippen MR) is 131 cm³/mol. The lowest BCUT2D eigenvalue weighted by Crippen LogP contribution is -2.57. The SMILES string of the molecule is O=C(O)[C@@H](c1ccc(C(F)(F)F)cc1)N1CC(C(=O)N2CCC(Cc3ccc4c(n3)CCCC4)CC2)C1. The average molecular weight is 516 g/mol. The molecule has 2 aliphatic heterocycles. The highest BCUT2D eigenvalue weighted by atomic mass is 19.4. The smallest absolute Gasteiger partial charge is 0.416 e. The normalized spacial score (nSPS) is 20.2. The van der Waals surface area contributed by atoms with Crippen molar-refractivity contribution in [2.75, 3.05) is 26.2 Å². The predicted octanol–water partition coefficient (Wildman–Crippen LogP) is 4.52. The van der Waals surface area contributed by atoms with Crippen LogP contribution in [0.3, 0.4) is 0 Å². The van der Waals surface area contributed by atoms with Crippen LogP contribution in [0, 0.1) is 11.8 Å². The highest BCUT2D eigenvalue weighted by Gasteiger charge is 2.42. The number of carboxylic acids is 1. The third-order valence-electron chi connectivity index (χ3n) is 8.07. The number of carboxylic acid groups (broad SMARTS) is 1. The molecule has 0 spiro atoms. The van der Waals surface area contributed by atoms with Crippen LogP contribution in [-0.4, -0.2) is 57.9 Å². The second kappa shape index (κ2) is 10.4. The van der Waals surface area contributed by atoms with Crippen molar-refractivity contribution in [2.45, 2.75) is 57.2 Å². The molecule has 1 atom stereocenters. The van der Waals surface area contributed by atoms with Gasteiger partial charge in [-0.2, -0.15) is 13.2 Å². The van der Waals surface area contributed by atoms with E-state index in [4.69, 9.17) is 4.98 Å². The fourth-order valence-corrected chi connectivity index (χ4v) is 5.90. The van der Waals surface area contributed by atoms with Gasteiger partial charge in [-0.1, -0.05) is 18.2 Å². The van der Waals surface area contributed by atoms with E-state index in [1.807, 2.05) is 4.90 Å². The Labute approximate surface area is 214 Å². The monoisotopic (exact) mass is 515 g/mol. The number of nitrogens with zero attached hydrogens (tertiary/aromatic N) is 3. The minimum absolute atomic E-state index is 0.0400. The van der Waals surface area contributed by atoms with Crippen molar-refractivity contribution < 1.29 is 27.9 Å². The van der Waals surface area contributed by atoms with Gasteiger partial charge < -0.3 is 10.0 Å². The number of piperidine rings is 1. The van der Waals surface area contributed by atoms with Crippen molar-refractivity contribution in [1.82, 2.24) is 14.8 Å². The number of aliphatic carboxylic acids is 1. The van der Waals surface area contributed by atoms with Gasteiger partial charge in [-0.05, 0) is 80.2 Å². The molecule has 198 valence electrons. The van der Waals surface area contributed by atoms with Crippen LogP contribution < -0.4 is 0 Å². The molecular formula is C28H32F3N3O3. The van der Waals surface area contributed by atoms with Crippen LogP contribution in [0.15, 0.2) is 36.4 Å². The number of benzene rings is 1. The van der Waals surface area contributed by atoms with Gasteiger partial charge in [0.1, 0.15) is 6.04 Å². The van der Waals surface area contributed by atoms with Gasteiger partial charge >= 0.3 is 12.1 Å². The molecule has 1 aliphatic carbocycles. The summed E-state index contributed by atoms with van der Waals surface area (Å²) in [6, 6.07) is 7.53. The molecule has 0 radical (unpaired) electrons. The Morgan fingerprint density at radius 1 is 1.00 bits per heavy atom. The van der Waals surface area contributed by atoms with Gasteiger partial charge in [-0.15, -0.1) is 0 Å². The van der Waals surface area contributed by atoms with E-state index in [0.717, 1.165) is 49.9 Å². The first-order valence-corrected chi connectivity index (χ1v) is 13.1. The van der Waals surface area contributed by atoms with Crippen LogP contribution in [0.2, 0.25) is 0 Å². The molecule has 0 unspecified atom stereocenters.